The highest BCUT2D eigenvalue weighted by Crippen LogP contribution is 2.17. The van der Waals surface area contributed by atoms with E-state index in [1.54, 1.807) is 0 Å². The maximum absolute atomic E-state index is 12.0. The smallest absolute Gasteiger partial charge is 0.306 e. The van der Waals surface area contributed by atoms with E-state index >= 15 is 0 Å². The Hall–Kier alpha value is -2.41. The van der Waals surface area contributed by atoms with Crippen LogP contribution in [0.15, 0.2) is 23.4 Å². The lowest BCUT2D eigenvalue weighted by Gasteiger charge is -2.10. The van der Waals surface area contributed by atoms with E-state index in [4.69, 9.17) is 4.74 Å². The third-order valence-corrected chi connectivity index (χ3v) is 4.58. The Balaban J connectivity index is 1.83. The predicted molar refractivity (Wildman–Crippen MR) is 107 cm³/mol. The maximum atomic E-state index is 12.0. The number of hydrogen-bond acceptors (Lipinski definition) is 6. The van der Waals surface area contributed by atoms with Crippen molar-refractivity contribution >= 4 is 29.3 Å². The minimum atomic E-state index is -0.418. The minimum Gasteiger partial charge on any atom is -0.456 e. The second-order valence-electron chi connectivity index (χ2n) is 6.44. The molecule has 0 aliphatic heterocycles. The van der Waals surface area contributed by atoms with Crippen LogP contribution >= 0.6 is 11.8 Å². The molecule has 0 aliphatic carbocycles. The van der Waals surface area contributed by atoms with Crippen molar-refractivity contribution in [3.8, 4) is 0 Å². The first-order valence-corrected chi connectivity index (χ1v) is 9.93. The largest absolute Gasteiger partial charge is 0.456 e. The molecule has 0 saturated heterocycles. The second kappa shape index (κ2) is 9.50. The molecule has 7 heteroatoms. The van der Waals surface area contributed by atoms with E-state index < -0.39 is 5.97 Å². The number of thioether (sulfide) groups is 1. The number of amides is 1. The van der Waals surface area contributed by atoms with Crippen molar-refractivity contribution in [1.82, 2.24) is 9.97 Å². The molecule has 1 N–H and O–H groups in total. The molecule has 1 aromatic carbocycles. The molecule has 0 fully saturated rings. The summed E-state index contributed by atoms with van der Waals surface area (Å²) in [5.41, 5.74) is 5.50. The molecule has 1 aromatic heterocycles. The topological polar surface area (TPSA) is 81.2 Å². The van der Waals surface area contributed by atoms with Crippen LogP contribution < -0.4 is 5.32 Å². The van der Waals surface area contributed by atoms with Crippen molar-refractivity contribution in [3.63, 3.8) is 0 Å². The van der Waals surface area contributed by atoms with Crippen LogP contribution in [0.4, 0.5) is 5.69 Å². The zero-order valence-electron chi connectivity index (χ0n) is 16.4. The van der Waals surface area contributed by atoms with Gasteiger partial charge in [-0.25, -0.2) is 9.97 Å². The fraction of sp³-hybridized carbons (Fsp3) is 0.400. The molecule has 144 valence electrons. The number of carbonyl (C=O) groups excluding carboxylic acids is 2. The molecule has 6 nitrogen and oxygen atoms in total. The molecule has 0 radical (unpaired) electrons. The number of esters is 1. The number of ether oxygens (including phenoxy) is 1. The van der Waals surface area contributed by atoms with Gasteiger partial charge in [-0.1, -0.05) is 17.8 Å². The molecule has 0 spiro atoms. The molecule has 1 heterocycles. The average molecular weight is 388 g/mol. The van der Waals surface area contributed by atoms with E-state index in [0.717, 1.165) is 33.2 Å². The number of anilines is 1. The Kier molecular flexibility index (Phi) is 7.36. The van der Waals surface area contributed by atoms with Gasteiger partial charge in [-0.2, -0.15) is 0 Å². The average Bonchev–Trinajstić information content (AvgIpc) is 2.58. The lowest BCUT2D eigenvalue weighted by atomic mass is 10.1. The van der Waals surface area contributed by atoms with E-state index in [1.807, 2.05) is 52.1 Å². The molecular weight excluding hydrogens is 362 g/mol. The summed E-state index contributed by atoms with van der Waals surface area (Å²) in [5.74, 6) is -0.772. The predicted octanol–water partition coefficient (Wildman–Crippen LogP) is 3.55. The summed E-state index contributed by atoms with van der Waals surface area (Å²) in [6.07, 6.45) is 2.60. The van der Waals surface area contributed by atoms with Gasteiger partial charge in [0.15, 0.2) is 11.8 Å². The molecule has 0 atom stereocenters. The normalized spacial score (nSPS) is 10.6. The summed E-state index contributed by atoms with van der Waals surface area (Å²) in [7, 11) is 0. The van der Waals surface area contributed by atoms with Gasteiger partial charge in [-0.3, -0.25) is 9.59 Å². The molecule has 0 aliphatic rings. The number of hydrogen-bond donors (Lipinski definition) is 1. The fourth-order valence-corrected chi connectivity index (χ4v) is 3.31. The SMILES string of the molecule is CSc1nc(C)c(CCC(=O)OCC(=O)Nc2cc(C)cc(C)c2)c(C)n1. The third kappa shape index (κ3) is 6.36. The van der Waals surface area contributed by atoms with Crippen LogP contribution in [-0.2, 0) is 20.7 Å². The summed E-state index contributed by atoms with van der Waals surface area (Å²) in [6, 6.07) is 5.77. The molecule has 0 saturated carbocycles. The molecule has 1 amide bonds. The van der Waals surface area contributed by atoms with E-state index in [2.05, 4.69) is 15.3 Å². The number of nitrogens with zero attached hydrogens (tertiary/aromatic N) is 2. The molecule has 0 unspecified atom stereocenters. The van der Waals surface area contributed by atoms with E-state index in [-0.39, 0.29) is 18.9 Å². The zero-order chi connectivity index (χ0) is 20.0. The summed E-state index contributed by atoms with van der Waals surface area (Å²) < 4.78 is 5.09. The molecular formula is C20H25N3O3S. The van der Waals surface area contributed by atoms with Crippen molar-refractivity contribution < 1.29 is 14.3 Å². The molecule has 2 aromatic rings. The lowest BCUT2D eigenvalue weighted by molar-refractivity contribution is -0.147. The first-order valence-electron chi connectivity index (χ1n) is 8.70. The van der Waals surface area contributed by atoms with Crippen molar-refractivity contribution in [3.05, 3.63) is 46.3 Å². The number of aryl methyl sites for hydroxylation is 4. The van der Waals surface area contributed by atoms with Crippen LogP contribution in [0, 0.1) is 27.7 Å². The Morgan fingerprint density at radius 1 is 1.04 bits per heavy atom. The van der Waals surface area contributed by atoms with Gasteiger partial charge in [0.05, 0.1) is 0 Å². The quantitative estimate of drug-likeness (QED) is 0.445. The van der Waals surface area contributed by atoms with Crippen LogP contribution in [0.3, 0.4) is 0 Å². The van der Waals surface area contributed by atoms with Gasteiger partial charge in [-0.05, 0) is 69.2 Å². The monoisotopic (exact) mass is 387 g/mol. The van der Waals surface area contributed by atoms with E-state index in [0.29, 0.717) is 12.1 Å². The summed E-state index contributed by atoms with van der Waals surface area (Å²) in [6.45, 7) is 7.44. The Morgan fingerprint density at radius 2 is 1.63 bits per heavy atom. The van der Waals surface area contributed by atoms with Crippen LogP contribution in [0.1, 0.15) is 34.5 Å². The van der Waals surface area contributed by atoms with Crippen molar-refractivity contribution in [1.29, 1.82) is 0 Å². The van der Waals surface area contributed by atoms with Crippen molar-refractivity contribution in [2.24, 2.45) is 0 Å². The molecule has 2 rings (SSSR count). The number of rotatable bonds is 7. The Morgan fingerprint density at radius 3 is 2.19 bits per heavy atom. The van der Waals surface area contributed by atoms with Gasteiger partial charge in [0.2, 0.25) is 0 Å². The van der Waals surface area contributed by atoms with E-state index in [9.17, 15) is 9.59 Å². The van der Waals surface area contributed by atoms with Gasteiger partial charge >= 0.3 is 5.97 Å². The number of benzene rings is 1. The van der Waals surface area contributed by atoms with Crippen LogP contribution in [0.25, 0.3) is 0 Å². The van der Waals surface area contributed by atoms with Gasteiger partial charge in [-0.15, -0.1) is 0 Å². The highest BCUT2D eigenvalue weighted by Gasteiger charge is 2.13. The van der Waals surface area contributed by atoms with Crippen LogP contribution in [0.5, 0.6) is 0 Å². The van der Waals surface area contributed by atoms with Crippen LogP contribution in [-0.4, -0.2) is 34.7 Å². The molecule has 0 bridgehead atoms. The zero-order valence-corrected chi connectivity index (χ0v) is 17.2. The summed E-state index contributed by atoms with van der Waals surface area (Å²) in [5, 5.41) is 3.47. The Bertz CT molecular complexity index is 809. The first-order chi connectivity index (χ1) is 12.8. The second-order valence-corrected chi connectivity index (χ2v) is 7.22. The van der Waals surface area contributed by atoms with Crippen LogP contribution in [0.2, 0.25) is 0 Å². The Labute approximate surface area is 164 Å². The van der Waals surface area contributed by atoms with Crippen molar-refractivity contribution in [2.75, 3.05) is 18.2 Å². The third-order valence-electron chi connectivity index (χ3n) is 4.03. The van der Waals surface area contributed by atoms with Gasteiger partial charge < -0.3 is 10.1 Å². The summed E-state index contributed by atoms with van der Waals surface area (Å²) >= 11 is 1.49. The standard InChI is InChI=1S/C20H25N3O3S/c1-12-8-13(2)10-16(9-12)23-18(24)11-26-19(25)7-6-17-14(3)21-20(27-5)22-15(17)4/h8-10H,6-7,11H2,1-5H3,(H,23,24). The fourth-order valence-electron chi connectivity index (χ4n) is 2.85. The first kappa shape index (κ1) is 20.9. The highest BCUT2D eigenvalue weighted by atomic mass is 32.2. The van der Waals surface area contributed by atoms with E-state index in [1.165, 1.54) is 11.8 Å². The van der Waals surface area contributed by atoms with Crippen molar-refractivity contribution in [2.45, 2.75) is 45.7 Å². The minimum absolute atomic E-state index is 0.181. The maximum Gasteiger partial charge on any atom is 0.306 e. The van der Waals surface area contributed by atoms with Gasteiger partial charge in [0.25, 0.3) is 5.91 Å². The molecule has 27 heavy (non-hydrogen) atoms. The lowest BCUT2D eigenvalue weighted by Crippen LogP contribution is -2.21. The summed E-state index contributed by atoms with van der Waals surface area (Å²) in [4.78, 5) is 32.8. The van der Waals surface area contributed by atoms with Gasteiger partial charge in [0.1, 0.15) is 0 Å². The number of carbonyl (C=O) groups is 2. The number of aromatic nitrogens is 2. The van der Waals surface area contributed by atoms with Gasteiger partial charge in [0, 0.05) is 23.5 Å². The number of nitrogens with one attached hydrogen (secondary N) is 1. The highest BCUT2D eigenvalue weighted by molar-refractivity contribution is 7.98.